The van der Waals surface area contributed by atoms with Crippen molar-refractivity contribution in [3.05, 3.63) is 72.4 Å². The Morgan fingerprint density at radius 1 is 0.815 bits per heavy atom. The van der Waals surface area contributed by atoms with Gasteiger partial charge in [-0.05, 0) is 30.0 Å². The Morgan fingerprint density at radius 3 is 2.11 bits per heavy atom. The van der Waals surface area contributed by atoms with Crippen LogP contribution in [0.1, 0.15) is 12.0 Å². The van der Waals surface area contributed by atoms with E-state index in [1.165, 1.54) is 10.5 Å². The molecule has 0 spiro atoms. The van der Waals surface area contributed by atoms with Crippen molar-refractivity contribution in [2.75, 3.05) is 31.1 Å². The van der Waals surface area contributed by atoms with Crippen LogP contribution in [0.4, 0.5) is 5.69 Å². The third kappa shape index (κ3) is 3.78. The van der Waals surface area contributed by atoms with E-state index in [9.17, 15) is 9.59 Å². The van der Waals surface area contributed by atoms with Crippen LogP contribution in [0.25, 0.3) is 6.08 Å². The van der Waals surface area contributed by atoms with Crippen LogP contribution in [0, 0.1) is 0 Å². The maximum Gasteiger partial charge on any atom is 0.251 e. The Morgan fingerprint density at radius 2 is 1.44 bits per heavy atom. The molecule has 27 heavy (non-hydrogen) atoms. The second-order valence-corrected chi connectivity index (χ2v) is 6.92. The second-order valence-electron chi connectivity index (χ2n) is 6.92. The number of amides is 2. The van der Waals surface area contributed by atoms with Gasteiger partial charge in [-0.2, -0.15) is 0 Å². The molecule has 1 atom stereocenters. The van der Waals surface area contributed by atoms with Crippen LogP contribution in [-0.4, -0.2) is 53.8 Å². The molecule has 2 fully saturated rings. The summed E-state index contributed by atoms with van der Waals surface area (Å²) in [5, 5.41) is 0. The third-order valence-electron chi connectivity index (χ3n) is 5.20. The summed E-state index contributed by atoms with van der Waals surface area (Å²) in [5.74, 6) is -0.206. The molecule has 0 N–H and O–H groups in total. The number of carbonyl (C=O) groups is 2. The zero-order chi connectivity index (χ0) is 18.6. The van der Waals surface area contributed by atoms with Gasteiger partial charge in [0.2, 0.25) is 5.91 Å². The molecule has 138 valence electrons. The third-order valence-corrected chi connectivity index (χ3v) is 5.20. The lowest BCUT2D eigenvalue weighted by molar-refractivity contribution is -0.123. The number of hydrogen-bond acceptors (Lipinski definition) is 4. The summed E-state index contributed by atoms with van der Waals surface area (Å²) < 4.78 is 0. The fraction of sp³-hybridized carbons (Fsp3) is 0.273. The van der Waals surface area contributed by atoms with Crippen molar-refractivity contribution in [3.63, 3.8) is 0 Å². The Bertz CT molecular complexity index is 827. The number of hydrogen-bond donors (Lipinski definition) is 0. The summed E-state index contributed by atoms with van der Waals surface area (Å²) in [6, 6.07) is 19.1. The number of para-hydroxylation sites is 1. The molecule has 2 aromatic carbocycles. The van der Waals surface area contributed by atoms with E-state index >= 15 is 0 Å². The molecule has 4 rings (SSSR count). The van der Waals surface area contributed by atoms with E-state index < -0.39 is 0 Å². The maximum atomic E-state index is 12.8. The van der Waals surface area contributed by atoms with Crippen LogP contribution >= 0.6 is 0 Å². The Hall–Kier alpha value is -2.92. The van der Waals surface area contributed by atoms with E-state index in [1.54, 1.807) is 0 Å². The lowest BCUT2D eigenvalue weighted by Crippen LogP contribution is -2.51. The highest BCUT2D eigenvalue weighted by Gasteiger charge is 2.43. The molecule has 2 aromatic rings. The fourth-order valence-electron chi connectivity index (χ4n) is 3.70. The lowest BCUT2D eigenvalue weighted by Gasteiger charge is -2.36. The van der Waals surface area contributed by atoms with Crippen LogP contribution < -0.4 is 4.90 Å². The first-order valence-corrected chi connectivity index (χ1v) is 9.35. The number of benzene rings is 2. The van der Waals surface area contributed by atoms with Gasteiger partial charge in [0, 0.05) is 26.2 Å². The van der Waals surface area contributed by atoms with E-state index in [0.29, 0.717) is 5.69 Å². The van der Waals surface area contributed by atoms with Crippen molar-refractivity contribution >= 4 is 23.6 Å². The van der Waals surface area contributed by atoms with Crippen molar-refractivity contribution < 1.29 is 9.59 Å². The predicted molar refractivity (Wildman–Crippen MR) is 106 cm³/mol. The van der Waals surface area contributed by atoms with Gasteiger partial charge in [-0.15, -0.1) is 0 Å². The average molecular weight is 361 g/mol. The number of rotatable bonds is 4. The molecular weight excluding hydrogens is 338 g/mol. The molecule has 2 saturated heterocycles. The highest BCUT2D eigenvalue weighted by Crippen LogP contribution is 2.26. The smallest absolute Gasteiger partial charge is 0.251 e. The summed E-state index contributed by atoms with van der Waals surface area (Å²) in [6.07, 6.45) is 4.50. The first-order valence-electron chi connectivity index (χ1n) is 9.35. The quantitative estimate of drug-likeness (QED) is 0.786. The molecule has 0 radical (unpaired) electrons. The Labute approximate surface area is 159 Å². The van der Waals surface area contributed by atoms with Crippen molar-refractivity contribution in [1.29, 1.82) is 0 Å². The van der Waals surface area contributed by atoms with Crippen LogP contribution in [0.2, 0.25) is 0 Å². The highest BCUT2D eigenvalue weighted by atomic mass is 16.2. The minimum atomic E-state index is -0.335. The zero-order valence-corrected chi connectivity index (χ0v) is 15.2. The minimum absolute atomic E-state index is 0.0977. The monoisotopic (exact) mass is 361 g/mol. The van der Waals surface area contributed by atoms with E-state index in [1.807, 2.05) is 48.5 Å². The molecule has 0 aromatic heterocycles. The number of carbonyl (C=O) groups excluding carboxylic acids is 2. The van der Waals surface area contributed by atoms with E-state index in [4.69, 9.17) is 0 Å². The number of piperazine rings is 1. The van der Waals surface area contributed by atoms with Gasteiger partial charge in [-0.25, -0.2) is 4.90 Å². The number of nitrogens with zero attached hydrogens (tertiary/aromatic N) is 3. The van der Waals surface area contributed by atoms with Gasteiger partial charge in [0.15, 0.2) is 0 Å². The largest absolute Gasteiger partial charge is 0.375 e. The first kappa shape index (κ1) is 17.5. The molecule has 5 heteroatoms. The maximum absolute atomic E-state index is 12.8. The van der Waals surface area contributed by atoms with Crippen molar-refractivity contribution in [2.45, 2.75) is 12.5 Å². The summed E-state index contributed by atoms with van der Waals surface area (Å²) >= 11 is 0. The van der Waals surface area contributed by atoms with Gasteiger partial charge in [0.1, 0.15) is 0 Å². The molecular formula is C22H23N3O2. The molecule has 0 unspecified atom stereocenters. The van der Waals surface area contributed by atoms with E-state index in [-0.39, 0.29) is 24.3 Å². The molecule has 2 aliphatic heterocycles. The van der Waals surface area contributed by atoms with Gasteiger partial charge in [-0.3, -0.25) is 14.5 Å². The Kier molecular flexibility index (Phi) is 5.03. The molecule has 0 bridgehead atoms. The number of anilines is 1. The molecule has 2 aliphatic rings. The summed E-state index contributed by atoms with van der Waals surface area (Å²) in [5.41, 5.74) is 1.84. The number of imide groups is 1. The van der Waals surface area contributed by atoms with Gasteiger partial charge in [0.05, 0.1) is 18.2 Å². The standard InChI is InChI=1S/C22H23N3O2/c26-21-17-20(22(27)25(21)19-9-5-2-6-10-19)24-15-13-23(14-16-24)12-11-18-7-3-1-4-8-18/h1-12,20H,13-17H2/b12-11+/t20-/m1/s1. The Balaban J connectivity index is 1.37. The lowest BCUT2D eigenvalue weighted by atomic mass is 10.1. The molecule has 0 saturated carbocycles. The summed E-state index contributed by atoms with van der Waals surface area (Å²) in [7, 11) is 0. The molecule has 0 aliphatic carbocycles. The fourth-order valence-corrected chi connectivity index (χ4v) is 3.70. The second kappa shape index (κ2) is 7.76. The predicted octanol–water partition coefficient (Wildman–Crippen LogP) is 2.61. The minimum Gasteiger partial charge on any atom is -0.375 e. The SMILES string of the molecule is O=C1C[C@@H](N2CCN(/C=C/c3ccccc3)CC2)C(=O)N1c1ccccc1. The van der Waals surface area contributed by atoms with Crippen LogP contribution in [0.3, 0.4) is 0 Å². The van der Waals surface area contributed by atoms with Gasteiger partial charge < -0.3 is 4.90 Å². The average Bonchev–Trinajstić information content (AvgIpc) is 3.02. The van der Waals surface area contributed by atoms with Gasteiger partial charge >= 0.3 is 0 Å². The molecule has 2 amide bonds. The van der Waals surface area contributed by atoms with Crippen molar-refractivity contribution in [2.24, 2.45) is 0 Å². The van der Waals surface area contributed by atoms with Crippen LogP contribution in [-0.2, 0) is 9.59 Å². The van der Waals surface area contributed by atoms with Crippen molar-refractivity contribution in [1.82, 2.24) is 9.80 Å². The molecule has 2 heterocycles. The molecule has 5 nitrogen and oxygen atoms in total. The first-order chi connectivity index (χ1) is 13.2. The highest BCUT2D eigenvalue weighted by molar-refractivity contribution is 6.22. The van der Waals surface area contributed by atoms with Crippen molar-refractivity contribution in [3.8, 4) is 0 Å². The van der Waals surface area contributed by atoms with Crippen LogP contribution in [0.15, 0.2) is 66.9 Å². The zero-order valence-electron chi connectivity index (χ0n) is 15.2. The summed E-state index contributed by atoms with van der Waals surface area (Å²) in [4.78, 5) is 31.0. The van der Waals surface area contributed by atoms with Gasteiger partial charge in [-0.1, -0.05) is 48.5 Å². The van der Waals surface area contributed by atoms with Crippen LogP contribution in [0.5, 0.6) is 0 Å². The topological polar surface area (TPSA) is 43.9 Å². The van der Waals surface area contributed by atoms with E-state index in [0.717, 1.165) is 26.2 Å². The van der Waals surface area contributed by atoms with Gasteiger partial charge in [0.25, 0.3) is 5.91 Å². The summed E-state index contributed by atoms with van der Waals surface area (Å²) in [6.45, 7) is 3.27. The van der Waals surface area contributed by atoms with E-state index in [2.05, 4.69) is 34.2 Å². The normalized spacial score (nSPS) is 21.4.